The zero-order valence-corrected chi connectivity index (χ0v) is 28.1. The number of aryl methyl sites for hydroxylation is 2. The lowest BCUT2D eigenvalue weighted by Gasteiger charge is -2.34. The van der Waals surface area contributed by atoms with Crippen LogP contribution in [0.3, 0.4) is 0 Å². The molecule has 0 bridgehead atoms. The summed E-state index contributed by atoms with van der Waals surface area (Å²) in [6.07, 6.45) is 4.16. The molecule has 8 nitrogen and oxygen atoms in total. The van der Waals surface area contributed by atoms with Gasteiger partial charge in [-0.2, -0.15) is 0 Å². The number of amides is 2. The molecular weight excluding hydrogens is 611 g/mol. The number of benzene rings is 4. The summed E-state index contributed by atoms with van der Waals surface area (Å²) in [5.41, 5.74) is 3.85. The van der Waals surface area contributed by atoms with Crippen LogP contribution in [0.4, 0.5) is 5.69 Å². The van der Waals surface area contributed by atoms with E-state index in [4.69, 9.17) is 4.74 Å². The van der Waals surface area contributed by atoms with Crippen LogP contribution in [-0.4, -0.2) is 50.9 Å². The number of hydrogen-bond donors (Lipinski definition) is 1. The first kappa shape index (κ1) is 33.7. The predicted molar refractivity (Wildman–Crippen MR) is 185 cm³/mol. The number of nitrogens with zero attached hydrogens (tertiary/aromatic N) is 2. The van der Waals surface area contributed by atoms with E-state index in [1.54, 1.807) is 30.3 Å². The van der Waals surface area contributed by atoms with Crippen molar-refractivity contribution in [2.45, 2.75) is 69.5 Å². The Morgan fingerprint density at radius 3 is 2.09 bits per heavy atom. The lowest BCUT2D eigenvalue weighted by atomic mass is 10.0. The van der Waals surface area contributed by atoms with Crippen LogP contribution in [0.25, 0.3) is 0 Å². The lowest BCUT2D eigenvalue weighted by Crippen LogP contribution is -2.54. The normalized spacial score (nSPS) is 13.9. The Hall–Kier alpha value is -4.63. The van der Waals surface area contributed by atoms with Crippen LogP contribution in [0.15, 0.2) is 108 Å². The van der Waals surface area contributed by atoms with Gasteiger partial charge in [0.05, 0.1) is 17.7 Å². The molecule has 2 amide bonds. The van der Waals surface area contributed by atoms with Gasteiger partial charge in [0.1, 0.15) is 18.3 Å². The number of sulfonamides is 1. The van der Waals surface area contributed by atoms with Crippen molar-refractivity contribution in [1.82, 2.24) is 10.2 Å². The summed E-state index contributed by atoms with van der Waals surface area (Å²) in [4.78, 5) is 30.5. The largest absolute Gasteiger partial charge is 0.495 e. The third kappa shape index (κ3) is 8.40. The van der Waals surface area contributed by atoms with E-state index in [1.165, 1.54) is 24.1 Å². The van der Waals surface area contributed by atoms with Gasteiger partial charge in [-0.05, 0) is 67.6 Å². The van der Waals surface area contributed by atoms with Gasteiger partial charge in [0.15, 0.2) is 0 Å². The Balaban J connectivity index is 1.59. The van der Waals surface area contributed by atoms with E-state index in [-0.39, 0.29) is 35.5 Å². The van der Waals surface area contributed by atoms with E-state index >= 15 is 0 Å². The van der Waals surface area contributed by atoms with Crippen LogP contribution in [0.2, 0.25) is 0 Å². The molecule has 0 aliphatic heterocycles. The Kier molecular flexibility index (Phi) is 11.0. The molecule has 246 valence electrons. The van der Waals surface area contributed by atoms with Gasteiger partial charge in [-0.25, -0.2) is 8.42 Å². The summed E-state index contributed by atoms with van der Waals surface area (Å²) in [7, 11) is -2.76. The topological polar surface area (TPSA) is 96.0 Å². The van der Waals surface area contributed by atoms with Crippen LogP contribution >= 0.6 is 0 Å². The molecule has 47 heavy (non-hydrogen) atoms. The van der Waals surface area contributed by atoms with Gasteiger partial charge in [-0.3, -0.25) is 13.9 Å². The minimum absolute atomic E-state index is 0.0428. The molecule has 0 radical (unpaired) electrons. The fourth-order valence-electron chi connectivity index (χ4n) is 6.04. The van der Waals surface area contributed by atoms with Gasteiger partial charge in [-0.15, -0.1) is 0 Å². The fraction of sp³-hybridized carbons (Fsp3) is 0.316. The zero-order chi connectivity index (χ0) is 33.4. The van der Waals surface area contributed by atoms with Gasteiger partial charge < -0.3 is 15.0 Å². The highest BCUT2D eigenvalue weighted by molar-refractivity contribution is 7.92. The van der Waals surface area contributed by atoms with Crippen LogP contribution in [0, 0.1) is 13.8 Å². The number of carbonyl (C=O) groups is 2. The molecule has 4 aromatic rings. The second kappa shape index (κ2) is 15.3. The van der Waals surface area contributed by atoms with Crippen molar-refractivity contribution >= 4 is 27.5 Å². The van der Waals surface area contributed by atoms with Crippen LogP contribution in [0.5, 0.6) is 5.75 Å². The van der Waals surface area contributed by atoms with Crippen molar-refractivity contribution in [1.29, 1.82) is 0 Å². The summed E-state index contributed by atoms with van der Waals surface area (Å²) in [5.74, 6) is -0.434. The van der Waals surface area contributed by atoms with E-state index in [0.29, 0.717) is 5.75 Å². The first-order valence-corrected chi connectivity index (χ1v) is 17.5. The van der Waals surface area contributed by atoms with Crippen molar-refractivity contribution in [3.05, 3.63) is 125 Å². The highest BCUT2D eigenvalue weighted by atomic mass is 32.2. The maximum absolute atomic E-state index is 14.7. The molecule has 0 spiro atoms. The van der Waals surface area contributed by atoms with Crippen LogP contribution < -0.4 is 14.4 Å². The predicted octanol–water partition coefficient (Wildman–Crippen LogP) is 6.21. The number of carbonyl (C=O) groups excluding carboxylic acids is 2. The smallest absolute Gasteiger partial charge is 0.264 e. The molecule has 1 unspecified atom stereocenters. The van der Waals surface area contributed by atoms with Crippen molar-refractivity contribution in [3.63, 3.8) is 0 Å². The quantitative estimate of drug-likeness (QED) is 0.185. The molecule has 1 aliphatic rings. The summed E-state index contributed by atoms with van der Waals surface area (Å²) in [6, 6.07) is 29.8. The van der Waals surface area contributed by atoms with E-state index in [9.17, 15) is 18.0 Å². The van der Waals surface area contributed by atoms with E-state index < -0.39 is 28.5 Å². The Labute approximate surface area is 278 Å². The molecule has 4 aromatic carbocycles. The van der Waals surface area contributed by atoms with Gasteiger partial charge in [0, 0.05) is 19.0 Å². The average molecular weight is 654 g/mol. The number of rotatable bonds is 13. The molecule has 1 saturated carbocycles. The van der Waals surface area contributed by atoms with Gasteiger partial charge >= 0.3 is 0 Å². The highest BCUT2D eigenvalue weighted by Gasteiger charge is 2.36. The molecule has 1 fully saturated rings. The lowest BCUT2D eigenvalue weighted by molar-refractivity contribution is -0.140. The molecule has 1 aliphatic carbocycles. The summed E-state index contributed by atoms with van der Waals surface area (Å²) in [5, 5.41) is 3.21. The van der Waals surface area contributed by atoms with Gasteiger partial charge in [-0.1, -0.05) is 97.3 Å². The van der Waals surface area contributed by atoms with Crippen LogP contribution in [-0.2, 0) is 32.6 Å². The first-order valence-electron chi connectivity index (χ1n) is 16.1. The second-order valence-electron chi connectivity index (χ2n) is 12.2. The molecular formula is C38H43N3O5S. The fourth-order valence-corrected chi connectivity index (χ4v) is 7.48. The number of hydrogen-bond acceptors (Lipinski definition) is 5. The van der Waals surface area contributed by atoms with Gasteiger partial charge in [0.25, 0.3) is 10.0 Å². The standard InChI is InChI=1S/C38H43N3O5S/c1-28-18-21-31(22-19-28)26-40(35(25-30-12-6-4-7-13-30)38(43)39-32-14-10-11-15-32)37(42)27-41(34-24-29(2)20-23-36(34)46-3)47(44,45)33-16-8-5-9-17-33/h4-9,12-13,16-24,32,35H,10-11,14-15,25-27H2,1-3H3,(H,39,43). The minimum Gasteiger partial charge on any atom is -0.495 e. The summed E-state index contributed by atoms with van der Waals surface area (Å²) < 4.78 is 35.3. The number of ether oxygens (including phenoxy) is 1. The van der Waals surface area contributed by atoms with E-state index in [2.05, 4.69) is 5.32 Å². The molecule has 0 saturated heterocycles. The second-order valence-corrected chi connectivity index (χ2v) is 14.1. The average Bonchev–Trinajstić information content (AvgIpc) is 3.59. The van der Waals surface area contributed by atoms with Crippen LogP contribution in [0.1, 0.15) is 47.9 Å². The Morgan fingerprint density at radius 1 is 0.830 bits per heavy atom. The van der Waals surface area contributed by atoms with E-state index in [1.807, 2.05) is 74.5 Å². The third-order valence-corrected chi connectivity index (χ3v) is 10.4. The zero-order valence-electron chi connectivity index (χ0n) is 27.3. The molecule has 1 N–H and O–H groups in total. The van der Waals surface area contributed by atoms with Crippen molar-refractivity contribution in [2.75, 3.05) is 18.0 Å². The number of nitrogens with one attached hydrogen (secondary N) is 1. The third-order valence-electron chi connectivity index (χ3n) is 8.66. The highest BCUT2D eigenvalue weighted by Crippen LogP contribution is 2.34. The number of methoxy groups -OCH3 is 1. The SMILES string of the molecule is COc1ccc(C)cc1N(CC(=O)N(Cc1ccc(C)cc1)C(Cc1ccccc1)C(=O)NC1CCCC1)S(=O)(=O)c1ccccc1. The number of anilines is 1. The summed E-state index contributed by atoms with van der Waals surface area (Å²) in [6.45, 7) is 3.43. The van der Waals surface area contributed by atoms with E-state index in [0.717, 1.165) is 52.2 Å². The minimum atomic E-state index is -4.23. The monoisotopic (exact) mass is 653 g/mol. The molecule has 5 rings (SSSR count). The van der Waals surface area contributed by atoms with Gasteiger partial charge in [0.2, 0.25) is 11.8 Å². The Morgan fingerprint density at radius 2 is 1.45 bits per heavy atom. The maximum Gasteiger partial charge on any atom is 0.264 e. The van der Waals surface area contributed by atoms with Crippen molar-refractivity contribution in [3.8, 4) is 5.75 Å². The Bertz CT molecular complexity index is 1760. The molecule has 9 heteroatoms. The maximum atomic E-state index is 14.7. The first-order chi connectivity index (χ1) is 22.7. The van der Waals surface area contributed by atoms with Crippen molar-refractivity contribution in [2.24, 2.45) is 0 Å². The molecule has 0 heterocycles. The van der Waals surface area contributed by atoms with Crippen molar-refractivity contribution < 1.29 is 22.7 Å². The summed E-state index contributed by atoms with van der Waals surface area (Å²) >= 11 is 0. The molecule has 0 aromatic heterocycles. The molecule has 1 atom stereocenters.